The molecule has 2 fully saturated rings. The molecule has 0 aromatic carbocycles. The maximum atomic E-state index is 12.8. The van der Waals surface area contributed by atoms with Crippen LogP contribution in [0.1, 0.15) is 51.9 Å². The second-order valence-corrected chi connectivity index (χ2v) is 8.49. The van der Waals surface area contributed by atoms with E-state index in [-0.39, 0.29) is 23.8 Å². The molecular formula is C19H24F6O2. The number of fused-ring (bicyclic) bond motifs is 1. The van der Waals surface area contributed by atoms with Gasteiger partial charge >= 0.3 is 12.4 Å². The van der Waals surface area contributed by atoms with Crippen molar-refractivity contribution in [1.82, 2.24) is 0 Å². The van der Waals surface area contributed by atoms with E-state index in [1.807, 2.05) is 13.0 Å². The molecule has 3 atom stereocenters. The zero-order valence-electron chi connectivity index (χ0n) is 15.0. The molecule has 154 valence electrons. The summed E-state index contributed by atoms with van der Waals surface area (Å²) in [6.07, 6.45) is -4.88. The van der Waals surface area contributed by atoms with Crippen molar-refractivity contribution in [3.63, 3.8) is 0 Å². The Morgan fingerprint density at radius 3 is 2.22 bits per heavy atom. The van der Waals surface area contributed by atoms with Crippen molar-refractivity contribution in [2.75, 3.05) is 0 Å². The number of allylic oxidation sites excluding steroid dienone is 3. The third kappa shape index (κ3) is 3.22. The Hall–Kier alpha value is -1.02. The van der Waals surface area contributed by atoms with E-state index < -0.39 is 29.5 Å². The van der Waals surface area contributed by atoms with Crippen LogP contribution < -0.4 is 0 Å². The van der Waals surface area contributed by atoms with E-state index in [0.717, 1.165) is 30.9 Å². The third-order valence-electron chi connectivity index (χ3n) is 6.83. The summed E-state index contributed by atoms with van der Waals surface area (Å²) in [6.45, 7) is 2.05. The highest BCUT2D eigenvalue weighted by molar-refractivity contribution is 5.35. The molecule has 0 bridgehead atoms. The molecule has 0 unspecified atom stereocenters. The Morgan fingerprint density at radius 1 is 1.11 bits per heavy atom. The molecule has 3 rings (SSSR count). The van der Waals surface area contributed by atoms with Crippen LogP contribution in [-0.2, 0) is 0 Å². The first kappa shape index (κ1) is 20.7. The smallest absolute Gasteiger partial charge is 0.393 e. The second-order valence-electron chi connectivity index (χ2n) is 8.49. The van der Waals surface area contributed by atoms with Crippen molar-refractivity contribution < 1.29 is 36.6 Å². The number of aliphatic hydroxyl groups excluding tert-OH is 1. The molecule has 3 aliphatic carbocycles. The molecular weight excluding hydrogens is 374 g/mol. The fraction of sp³-hybridized carbons (Fsp3) is 0.789. The summed E-state index contributed by atoms with van der Waals surface area (Å²) in [5.74, 6) is 0.0602. The predicted octanol–water partition coefficient (Wildman–Crippen LogP) is 5.07. The molecule has 0 aliphatic heterocycles. The zero-order chi connectivity index (χ0) is 20.3. The van der Waals surface area contributed by atoms with Crippen molar-refractivity contribution in [3.8, 4) is 0 Å². The van der Waals surface area contributed by atoms with Crippen molar-refractivity contribution in [3.05, 3.63) is 23.8 Å². The number of rotatable bonds is 4. The maximum absolute atomic E-state index is 12.8. The minimum absolute atomic E-state index is 0.0196. The molecule has 2 nitrogen and oxygen atoms in total. The predicted molar refractivity (Wildman–Crippen MR) is 86.6 cm³/mol. The van der Waals surface area contributed by atoms with Gasteiger partial charge in [0.1, 0.15) is 0 Å². The molecule has 0 aromatic rings. The van der Waals surface area contributed by atoms with Crippen LogP contribution in [0.4, 0.5) is 26.3 Å². The molecule has 3 aliphatic rings. The van der Waals surface area contributed by atoms with Gasteiger partial charge in [0, 0.05) is 0 Å². The zero-order valence-corrected chi connectivity index (χ0v) is 15.0. The van der Waals surface area contributed by atoms with Gasteiger partial charge in [0.05, 0.1) is 6.10 Å². The highest BCUT2D eigenvalue weighted by Crippen LogP contribution is 2.66. The Labute approximate surface area is 153 Å². The van der Waals surface area contributed by atoms with Gasteiger partial charge in [-0.3, -0.25) is 0 Å². The van der Waals surface area contributed by atoms with E-state index >= 15 is 0 Å². The summed E-state index contributed by atoms with van der Waals surface area (Å²) in [6, 6.07) is 0. The van der Waals surface area contributed by atoms with E-state index in [4.69, 9.17) is 0 Å². The molecule has 0 heterocycles. The van der Waals surface area contributed by atoms with E-state index in [1.165, 1.54) is 0 Å². The Bertz CT molecular complexity index is 630. The molecule has 0 spiro atoms. The molecule has 2 N–H and O–H groups in total. The quantitative estimate of drug-likeness (QED) is 0.513. The lowest BCUT2D eigenvalue weighted by Crippen LogP contribution is -2.55. The van der Waals surface area contributed by atoms with Crippen molar-refractivity contribution in [2.45, 2.75) is 75.9 Å². The number of halogens is 6. The van der Waals surface area contributed by atoms with Crippen LogP contribution in [0, 0.1) is 16.7 Å². The van der Waals surface area contributed by atoms with Crippen LogP contribution in [-0.4, -0.2) is 34.3 Å². The lowest BCUT2D eigenvalue weighted by molar-refractivity contribution is -0.347. The monoisotopic (exact) mass is 398 g/mol. The van der Waals surface area contributed by atoms with E-state index in [1.54, 1.807) is 0 Å². The number of hydrogen-bond acceptors (Lipinski definition) is 2. The Morgan fingerprint density at radius 2 is 1.70 bits per heavy atom. The summed E-state index contributed by atoms with van der Waals surface area (Å²) < 4.78 is 76.8. The van der Waals surface area contributed by atoms with Gasteiger partial charge in [0.25, 0.3) is 5.60 Å². The van der Waals surface area contributed by atoms with Crippen LogP contribution in [0.3, 0.4) is 0 Å². The van der Waals surface area contributed by atoms with Gasteiger partial charge in [-0.1, -0.05) is 24.6 Å². The van der Waals surface area contributed by atoms with E-state index in [0.29, 0.717) is 19.3 Å². The maximum Gasteiger partial charge on any atom is 0.429 e. The lowest BCUT2D eigenvalue weighted by Gasteiger charge is -2.44. The first-order valence-electron chi connectivity index (χ1n) is 9.20. The third-order valence-corrected chi connectivity index (χ3v) is 6.83. The minimum Gasteiger partial charge on any atom is -0.393 e. The Kier molecular flexibility index (Phi) is 4.79. The molecule has 0 amide bonds. The van der Waals surface area contributed by atoms with Gasteiger partial charge < -0.3 is 10.2 Å². The highest BCUT2D eigenvalue weighted by atomic mass is 19.4. The van der Waals surface area contributed by atoms with Gasteiger partial charge in [0.15, 0.2) is 0 Å². The number of hydrogen-bond donors (Lipinski definition) is 2. The van der Waals surface area contributed by atoms with E-state index in [9.17, 15) is 36.6 Å². The van der Waals surface area contributed by atoms with Gasteiger partial charge in [-0.05, 0) is 67.8 Å². The van der Waals surface area contributed by atoms with Crippen molar-refractivity contribution in [1.29, 1.82) is 0 Å². The van der Waals surface area contributed by atoms with Crippen LogP contribution in [0.2, 0.25) is 0 Å². The summed E-state index contributed by atoms with van der Waals surface area (Å²) in [5.41, 5.74) is -4.49. The Balaban J connectivity index is 1.79. The summed E-state index contributed by atoms with van der Waals surface area (Å²) in [5, 5.41) is 19.5. The highest BCUT2D eigenvalue weighted by Gasteiger charge is 2.69. The van der Waals surface area contributed by atoms with Crippen LogP contribution >= 0.6 is 0 Å². The van der Waals surface area contributed by atoms with Crippen molar-refractivity contribution >= 4 is 0 Å². The van der Waals surface area contributed by atoms with Gasteiger partial charge in [0.2, 0.25) is 0 Å². The van der Waals surface area contributed by atoms with Crippen LogP contribution in [0.5, 0.6) is 0 Å². The first-order chi connectivity index (χ1) is 12.3. The number of alkyl halides is 6. The average Bonchev–Trinajstić information content (AvgIpc) is 3.19. The SMILES string of the molecule is C[C@]12CCC[C@H](O)[C@@H]1CC=C2C1(C/C=C/C(O)(C(F)(F)F)C(F)(F)F)CC1. The second kappa shape index (κ2) is 6.24. The fourth-order valence-electron chi connectivity index (χ4n) is 5.08. The summed E-state index contributed by atoms with van der Waals surface area (Å²) >= 11 is 0. The van der Waals surface area contributed by atoms with Crippen LogP contribution in [0.25, 0.3) is 0 Å². The van der Waals surface area contributed by atoms with Crippen LogP contribution in [0.15, 0.2) is 23.8 Å². The topological polar surface area (TPSA) is 40.5 Å². The van der Waals surface area contributed by atoms with Crippen molar-refractivity contribution in [2.24, 2.45) is 16.7 Å². The first-order valence-corrected chi connectivity index (χ1v) is 9.20. The van der Waals surface area contributed by atoms with Gasteiger partial charge in [-0.2, -0.15) is 26.3 Å². The summed E-state index contributed by atoms with van der Waals surface area (Å²) in [4.78, 5) is 0. The van der Waals surface area contributed by atoms with E-state index in [2.05, 4.69) is 0 Å². The lowest BCUT2D eigenvalue weighted by atomic mass is 9.62. The molecule has 0 aromatic heterocycles. The molecule has 2 saturated carbocycles. The normalized spacial score (nSPS) is 33.9. The summed E-state index contributed by atoms with van der Waals surface area (Å²) in [7, 11) is 0. The van der Waals surface area contributed by atoms with Gasteiger partial charge in [-0.15, -0.1) is 0 Å². The average molecular weight is 398 g/mol. The van der Waals surface area contributed by atoms with Gasteiger partial charge in [-0.25, -0.2) is 0 Å². The molecule has 8 heteroatoms. The number of aliphatic hydroxyl groups is 2. The molecule has 0 radical (unpaired) electrons. The minimum atomic E-state index is -5.84. The largest absolute Gasteiger partial charge is 0.429 e. The molecule has 27 heavy (non-hydrogen) atoms. The fourth-order valence-corrected chi connectivity index (χ4v) is 5.08. The molecule has 0 saturated heterocycles. The standard InChI is InChI=1S/C19H24F6O2/c1-15-7-2-4-13(26)12(15)5-6-14(15)16(10-11-16)8-3-9-17(27,18(20,21)22)19(23,24)25/h3,6,9,12-13,26-27H,2,4-5,7-8,10-11H2,1H3/b9-3+/t12-,13-,15-/m0/s1.